The third-order valence-electron chi connectivity index (χ3n) is 5.88. The fourth-order valence-corrected chi connectivity index (χ4v) is 4.54. The molecule has 0 saturated carbocycles. The van der Waals surface area contributed by atoms with Gasteiger partial charge in [0.25, 0.3) is 0 Å². The maximum Gasteiger partial charge on any atom is 0.372 e. The first-order valence-electron chi connectivity index (χ1n) is 10.0. The lowest BCUT2D eigenvalue weighted by molar-refractivity contribution is -0.389. The standard InChI is InChI=1S/C19H23N7O2/c27-26(28)19-18(20-15-8-3-5-12-25(15)19)23-10-6-7-14(13-23)17-22-21-16-9-2-1-4-11-24(16)17/h3,5,8,12,14H,1-2,4,6-7,9-11,13H2. The summed E-state index contributed by atoms with van der Waals surface area (Å²) in [4.78, 5) is 18.1. The van der Waals surface area contributed by atoms with Crippen LogP contribution in [0.4, 0.5) is 11.6 Å². The number of aryl methyl sites for hydroxylation is 1. The predicted molar refractivity (Wildman–Crippen MR) is 104 cm³/mol. The summed E-state index contributed by atoms with van der Waals surface area (Å²) in [5.74, 6) is 2.83. The lowest BCUT2D eigenvalue weighted by Gasteiger charge is -2.32. The van der Waals surface area contributed by atoms with Crippen molar-refractivity contribution < 1.29 is 4.92 Å². The van der Waals surface area contributed by atoms with Crippen LogP contribution in [0.1, 0.15) is 49.7 Å². The highest BCUT2D eigenvalue weighted by molar-refractivity contribution is 5.63. The first-order valence-corrected chi connectivity index (χ1v) is 10.0. The molecule has 0 radical (unpaired) electrons. The Bertz CT molecular complexity index is 1020. The van der Waals surface area contributed by atoms with Crippen LogP contribution in [0.2, 0.25) is 0 Å². The summed E-state index contributed by atoms with van der Waals surface area (Å²) in [6, 6.07) is 5.44. The van der Waals surface area contributed by atoms with E-state index in [1.165, 1.54) is 12.8 Å². The number of aromatic nitrogens is 5. The van der Waals surface area contributed by atoms with Crippen molar-refractivity contribution in [3.05, 3.63) is 46.2 Å². The van der Waals surface area contributed by atoms with Gasteiger partial charge in [-0.25, -0.2) is 0 Å². The summed E-state index contributed by atoms with van der Waals surface area (Å²) >= 11 is 0. The van der Waals surface area contributed by atoms with Crippen molar-refractivity contribution in [2.75, 3.05) is 18.0 Å². The van der Waals surface area contributed by atoms with Crippen LogP contribution in [0.15, 0.2) is 24.4 Å². The Morgan fingerprint density at radius 2 is 2.04 bits per heavy atom. The summed E-state index contributed by atoms with van der Waals surface area (Å²) in [5, 5.41) is 20.7. The third kappa shape index (κ3) is 2.81. The topological polar surface area (TPSA) is 94.4 Å². The van der Waals surface area contributed by atoms with E-state index in [9.17, 15) is 10.1 Å². The Hall–Kier alpha value is -2.97. The van der Waals surface area contributed by atoms with E-state index >= 15 is 0 Å². The molecule has 28 heavy (non-hydrogen) atoms. The number of imidazole rings is 1. The summed E-state index contributed by atoms with van der Waals surface area (Å²) in [6.45, 7) is 2.42. The highest BCUT2D eigenvalue weighted by Crippen LogP contribution is 2.35. The zero-order chi connectivity index (χ0) is 19.1. The molecule has 5 heterocycles. The zero-order valence-corrected chi connectivity index (χ0v) is 15.7. The maximum atomic E-state index is 11.8. The normalized spacial score (nSPS) is 20.1. The van der Waals surface area contributed by atoms with Gasteiger partial charge in [-0.3, -0.25) is 0 Å². The number of pyridine rings is 1. The number of anilines is 1. The molecule has 0 bridgehead atoms. The lowest BCUT2D eigenvalue weighted by atomic mass is 9.97. The molecule has 9 nitrogen and oxygen atoms in total. The molecule has 0 aliphatic carbocycles. The van der Waals surface area contributed by atoms with Gasteiger partial charge in [-0.1, -0.05) is 12.5 Å². The van der Waals surface area contributed by atoms with E-state index in [0.717, 1.165) is 50.4 Å². The molecule has 1 fully saturated rings. The van der Waals surface area contributed by atoms with E-state index in [0.29, 0.717) is 18.0 Å². The van der Waals surface area contributed by atoms with Crippen LogP contribution in [-0.2, 0) is 13.0 Å². The number of hydrogen-bond acceptors (Lipinski definition) is 6. The van der Waals surface area contributed by atoms with E-state index in [1.807, 2.05) is 6.07 Å². The molecule has 2 aliphatic rings. The van der Waals surface area contributed by atoms with Gasteiger partial charge >= 0.3 is 5.82 Å². The first kappa shape index (κ1) is 17.2. The number of fused-ring (bicyclic) bond motifs is 2. The molecule has 1 unspecified atom stereocenters. The van der Waals surface area contributed by atoms with Gasteiger partial charge in [0.05, 0.1) is 6.20 Å². The van der Waals surface area contributed by atoms with Crippen molar-refractivity contribution >= 4 is 17.3 Å². The lowest BCUT2D eigenvalue weighted by Crippen LogP contribution is -2.36. The van der Waals surface area contributed by atoms with E-state index in [1.54, 1.807) is 22.7 Å². The quantitative estimate of drug-likeness (QED) is 0.511. The number of rotatable bonds is 3. The van der Waals surface area contributed by atoms with Crippen molar-refractivity contribution in [1.29, 1.82) is 0 Å². The van der Waals surface area contributed by atoms with E-state index in [-0.39, 0.29) is 16.7 Å². The monoisotopic (exact) mass is 381 g/mol. The van der Waals surface area contributed by atoms with Crippen molar-refractivity contribution in [2.24, 2.45) is 0 Å². The second kappa shape index (κ2) is 6.88. The predicted octanol–water partition coefficient (Wildman–Crippen LogP) is 2.94. The van der Waals surface area contributed by atoms with Crippen LogP contribution in [-0.4, -0.2) is 42.2 Å². The van der Waals surface area contributed by atoms with Gasteiger partial charge in [-0.2, -0.15) is 9.38 Å². The zero-order valence-electron chi connectivity index (χ0n) is 15.7. The minimum atomic E-state index is -0.331. The number of nitro groups is 1. The van der Waals surface area contributed by atoms with Crippen LogP contribution < -0.4 is 4.90 Å². The first-order chi connectivity index (χ1) is 13.7. The second-order valence-corrected chi connectivity index (χ2v) is 7.67. The van der Waals surface area contributed by atoms with E-state index < -0.39 is 0 Å². The summed E-state index contributed by atoms with van der Waals surface area (Å²) in [5.41, 5.74) is 0.600. The molecule has 9 heteroatoms. The second-order valence-electron chi connectivity index (χ2n) is 7.67. The minimum Gasteiger partial charge on any atom is -0.358 e. The molecular formula is C19H23N7O2. The molecule has 0 spiro atoms. The Labute approximate surface area is 162 Å². The molecule has 2 aliphatic heterocycles. The number of piperidine rings is 1. The Kier molecular flexibility index (Phi) is 4.22. The fraction of sp³-hybridized carbons (Fsp3) is 0.526. The van der Waals surface area contributed by atoms with Crippen molar-refractivity contribution in [2.45, 2.75) is 51.0 Å². The van der Waals surface area contributed by atoms with Crippen molar-refractivity contribution in [3.63, 3.8) is 0 Å². The molecular weight excluding hydrogens is 358 g/mol. The van der Waals surface area contributed by atoms with Gasteiger partial charge in [-0.05, 0) is 36.7 Å². The van der Waals surface area contributed by atoms with Crippen LogP contribution in [0.25, 0.3) is 5.65 Å². The number of nitrogens with zero attached hydrogens (tertiary/aromatic N) is 7. The largest absolute Gasteiger partial charge is 0.372 e. The third-order valence-corrected chi connectivity index (χ3v) is 5.88. The van der Waals surface area contributed by atoms with Gasteiger partial charge in [0.15, 0.2) is 0 Å². The van der Waals surface area contributed by atoms with Gasteiger partial charge in [-0.15, -0.1) is 10.2 Å². The van der Waals surface area contributed by atoms with Gasteiger partial charge < -0.3 is 19.6 Å². The maximum absolute atomic E-state index is 11.8. The minimum absolute atomic E-state index is 0.0383. The average Bonchev–Trinajstić information content (AvgIpc) is 3.22. The molecule has 3 aromatic rings. The summed E-state index contributed by atoms with van der Waals surface area (Å²) in [6.07, 6.45) is 8.22. The molecule has 0 amide bonds. The van der Waals surface area contributed by atoms with Crippen LogP contribution >= 0.6 is 0 Å². The number of hydrogen-bond donors (Lipinski definition) is 0. The molecule has 5 rings (SSSR count). The fourth-order valence-electron chi connectivity index (χ4n) is 4.54. The molecule has 0 aromatic carbocycles. The smallest absolute Gasteiger partial charge is 0.358 e. The molecule has 1 atom stereocenters. The van der Waals surface area contributed by atoms with Crippen molar-refractivity contribution in [3.8, 4) is 0 Å². The van der Waals surface area contributed by atoms with Crippen molar-refractivity contribution in [1.82, 2.24) is 24.1 Å². The Morgan fingerprint density at radius 3 is 2.93 bits per heavy atom. The van der Waals surface area contributed by atoms with Gasteiger partial charge in [0.2, 0.25) is 11.5 Å². The van der Waals surface area contributed by atoms with Crippen LogP contribution in [0.3, 0.4) is 0 Å². The SMILES string of the molecule is O=[N+]([O-])c1c(N2CCCC(c3nnc4n3CCCCC4)C2)nc2ccccn12. The molecule has 0 N–H and O–H groups in total. The van der Waals surface area contributed by atoms with E-state index in [2.05, 4.69) is 24.6 Å². The van der Waals surface area contributed by atoms with Gasteiger partial charge in [0, 0.05) is 38.0 Å². The van der Waals surface area contributed by atoms with Gasteiger partial charge in [0.1, 0.15) is 11.6 Å². The molecule has 146 valence electrons. The van der Waals surface area contributed by atoms with Crippen LogP contribution in [0, 0.1) is 10.1 Å². The Balaban J connectivity index is 1.49. The molecule has 3 aromatic heterocycles. The highest BCUT2D eigenvalue weighted by atomic mass is 16.6. The molecule has 1 saturated heterocycles. The Morgan fingerprint density at radius 1 is 1.11 bits per heavy atom. The highest BCUT2D eigenvalue weighted by Gasteiger charge is 2.33. The van der Waals surface area contributed by atoms with E-state index in [4.69, 9.17) is 0 Å². The average molecular weight is 381 g/mol. The summed E-state index contributed by atoms with van der Waals surface area (Å²) in [7, 11) is 0. The summed E-state index contributed by atoms with van der Waals surface area (Å²) < 4.78 is 3.85. The van der Waals surface area contributed by atoms with Crippen LogP contribution in [0.5, 0.6) is 0 Å².